The van der Waals surface area contributed by atoms with Crippen LogP contribution < -0.4 is 0 Å². The van der Waals surface area contributed by atoms with Crippen molar-refractivity contribution in [2.75, 3.05) is 0 Å². The summed E-state index contributed by atoms with van der Waals surface area (Å²) in [6.07, 6.45) is 5.34. The Labute approximate surface area is 57.3 Å². The Balaban J connectivity index is 2.12. The fraction of sp³-hybridized carbons (Fsp3) is 0.667. The van der Waals surface area contributed by atoms with Gasteiger partial charge in [0.05, 0.1) is 0 Å². The fourth-order valence-corrected chi connectivity index (χ4v) is 1.15. The summed E-state index contributed by atoms with van der Waals surface area (Å²) in [7, 11) is 0. The second kappa shape index (κ2) is 2.89. The Morgan fingerprint density at radius 3 is 3.00 bits per heavy atom. The van der Waals surface area contributed by atoms with Gasteiger partial charge in [0.2, 0.25) is 0 Å². The van der Waals surface area contributed by atoms with Crippen LogP contribution in [0, 0.1) is 5.92 Å². The fourth-order valence-electron chi connectivity index (χ4n) is 1.15. The Hall–Kier alpha value is -0.480. The highest BCUT2D eigenvalue weighted by molar-refractivity contribution is 5.20. The highest BCUT2D eigenvalue weighted by atomic mass is 14.3. The van der Waals surface area contributed by atoms with Gasteiger partial charge in [0.25, 0.3) is 0 Å². The van der Waals surface area contributed by atoms with Crippen LogP contribution in [0.3, 0.4) is 0 Å². The molecule has 0 aromatic carbocycles. The Bertz CT molecular complexity index is 138. The van der Waals surface area contributed by atoms with Crippen LogP contribution in [0.5, 0.6) is 0 Å². The molecule has 0 amide bonds. The van der Waals surface area contributed by atoms with E-state index in [1.165, 1.54) is 31.3 Å². The van der Waals surface area contributed by atoms with Gasteiger partial charge in [0, 0.05) is 0 Å². The normalized spacial score (nSPS) is 23.7. The lowest BCUT2D eigenvalue weighted by Crippen LogP contribution is -1.74. The molecule has 1 fully saturated rings. The van der Waals surface area contributed by atoms with Crippen LogP contribution in [-0.2, 0) is 0 Å². The van der Waals surface area contributed by atoms with E-state index in [2.05, 4.69) is 19.2 Å². The molecule has 0 radical (unpaired) electrons. The molecule has 0 heteroatoms. The molecule has 0 spiro atoms. The van der Waals surface area contributed by atoms with E-state index < -0.39 is 0 Å². The van der Waals surface area contributed by atoms with Crippen LogP contribution in [0.4, 0.5) is 0 Å². The maximum atomic E-state index is 3.62. The summed E-state index contributed by atoms with van der Waals surface area (Å²) in [6, 6.07) is 0. The molecule has 1 aliphatic carbocycles. The molecule has 1 unspecified atom stereocenters. The summed E-state index contributed by atoms with van der Waals surface area (Å²) in [5, 5.41) is 0. The first-order valence-corrected chi connectivity index (χ1v) is 3.77. The van der Waals surface area contributed by atoms with Crippen LogP contribution in [0.1, 0.15) is 32.6 Å². The van der Waals surface area contributed by atoms with Crippen molar-refractivity contribution in [3.05, 3.63) is 17.9 Å². The molecule has 50 valence electrons. The molecule has 0 aromatic heterocycles. The van der Waals surface area contributed by atoms with E-state index in [9.17, 15) is 0 Å². The van der Waals surface area contributed by atoms with Gasteiger partial charge < -0.3 is 0 Å². The Kier molecular flexibility index (Phi) is 2.13. The van der Waals surface area contributed by atoms with Crippen molar-refractivity contribution >= 4 is 0 Å². The summed E-state index contributed by atoms with van der Waals surface area (Å²) in [4.78, 5) is 0. The molecule has 1 saturated carbocycles. The summed E-state index contributed by atoms with van der Waals surface area (Å²) in [5.41, 5.74) is 4.43. The number of allylic oxidation sites excluding steroid dienone is 1. The van der Waals surface area contributed by atoms with Crippen molar-refractivity contribution in [3.63, 3.8) is 0 Å². The number of unbranched alkanes of at least 4 members (excludes halogenated alkanes) is 1. The van der Waals surface area contributed by atoms with Crippen LogP contribution in [0.2, 0.25) is 0 Å². The molecule has 0 nitrogen and oxygen atoms in total. The zero-order valence-corrected chi connectivity index (χ0v) is 6.11. The van der Waals surface area contributed by atoms with E-state index in [1.54, 1.807) is 0 Å². The van der Waals surface area contributed by atoms with E-state index in [0.29, 0.717) is 0 Å². The highest BCUT2D eigenvalue weighted by Crippen LogP contribution is 2.40. The maximum absolute atomic E-state index is 3.62. The topological polar surface area (TPSA) is 0 Å². The second-order valence-electron chi connectivity index (χ2n) is 2.75. The Morgan fingerprint density at radius 2 is 2.56 bits per heavy atom. The summed E-state index contributed by atoms with van der Waals surface area (Å²) in [6.45, 7) is 5.85. The van der Waals surface area contributed by atoms with Gasteiger partial charge in [-0.15, -0.1) is 5.73 Å². The van der Waals surface area contributed by atoms with E-state index in [0.717, 1.165) is 5.92 Å². The first-order valence-electron chi connectivity index (χ1n) is 3.77. The molecule has 9 heavy (non-hydrogen) atoms. The van der Waals surface area contributed by atoms with E-state index in [4.69, 9.17) is 0 Å². The quantitative estimate of drug-likeness (QED) is 0.505. The van der Waals surface area contributed by atoms with Gasteiger partial charge >= 0.3 is 0 Å². The molecule has 1 rings (SSSR count). The van der Waals surface area contributed by atoms with Crippen molar-refractivity contribution in [1.29, 1.82) is 0 Å². The average Bonchev–Trinajstić information content (AvgIpc) is 2.62. The molecule has 0 heterocycles. The summed E-state index contributed by atoms with van der Waals surface area (Å²) in [5.74, 6) is 0.877. The molecular weight excluding hydrogens is 108 g/mol. The van der Waals surface area contributed by atoms with Gasteiger partial charge in [0.1, 0.15) is 0 Å². The maximum Gasteiger partial charge on any atom is -0.00837 e. The molecule has 0 N–H and O–H groups in total. The van der Waals surface area contributed by atoms with Crippen LogP contribution in [0.25, 0.3) is 0 Å². The number of rotatable bonds is 3. The van der Waals surface area contributed by atoms with Crippen molar-refractivity contribution in [2.45, 2.75) is 32.6 Å². The minimum atomic E-state index is 0.877. The van der Waals surface area contributed by atoms with Gasteiger partial charge in [-0.25, -0.2) is 0 Å². The van der Waals surface area contributed by atoms with Gasteiger partial charge in [-0.1, -0.05) is 26.3 Å². The summed E-state index contributed by atoms with van der Waals surface area (Å²) >= 11 is 0. The van der Waals surface area contributed by atoms with Crippen LogP contribution in [0.15, 0.2) is 17.9 Å². The third kappa shape index (κ3) is 1.73. The van der Waals surface area contributed by atoms with Gasteiger partial charge in [-0.3, -0.25) is 0 Å². The first kappa shape index (κ1) is 6.64. The molecule has 0 saturated heterocycles. The van der Waals surface area contributed by atoms with Crippen LogP contribution >= 0.6 is 0 Å². The molecule has 0 bridgehead atoms. The van der Waals surface area contributed by atoms with Gasteiger partial charge in [-0.05, 0) is 24.3 Å². The lowest BCUT2D eigenvalue weighted by Gasteiger charge is -1.89. The number of hydrogen-bond donors (Lipinski definition) is 0. The largest absolute Gasteiger partial charge is 0.129 e. The third-order valence-corrected chi connectivity index (χ3v) is 1.93. The SMILES string of the molecule is C=C=C1CC1CCCC. The smallest absolute Gasteiger partial charge is 0.00837 e. The minimum absolute atomic E-state index is 0.877. The molecular formula is C9H14. The standard InChI is InChI=1S/C9H14/c1-3-5-6-9-7-8(9)4-2/h9H,2-3,5-7H2,1H3. The van der Waals surface area contributed by atoms with Crippen molar-refractivity contribution in [1.82, 2.24) is 0 Å². The predicted molar refractivity (Wildman–Crippen MR) is 40.3 cm³/mol. The van der Waals surface area contributed by atoms with Crippen molar-refractivity contribution < 1.29 is 0 Å². The van der Waals surface area contributed by atoms with E-state index in [-0.39, 0.29) is 0 Å². The van der Waals surface area contributed by atoms with Gasteiger partial charge in [0.15, 0.2) is 0 Å². The Morgan fingerprint density at radius 1 is 1.78 bits per heavy atom. The van der Waals surface area contributed by atoms with Crippen molar-refractivity contribution in [2.24, 2.45) is 5.92 Å². The molecule has 1 atom stereocenters. The second-order valence-corrected chi connectivity index (χ2v) is 2.75. The minimum Gasteiger partial charge on any atom is -0.129 e. The lowest BCUT2D eigenvalue weighted by atomic mass is 10.2. The molecule has 1 aliphatic rings. The molecule has 0 aromatic rings. The molecule has 0 aliphatic heterocycles. The third-order valence-electron chi connectivity index (χ3n) is 1.93. The monoisotopic (exact) mass is 122 g/mol. The highest BCUT2D eigenvalue weighted by Gasteiger charge is 2.27. The predicted octanol–water partition coefficient (Wildman–Crippen LogP) is 2.91. The van der Waals surface area contributed by atoms with E-state index in [1.807, 2.05) is 0 Å². The van der Waals surface area contributed by atoms with E-state index >= 15 is 0 Å². The van der Waals surface area contributed by atoms with Crippen LogP contribution in [-0.4, -0.2) is 0 Å². The zero-order chi connectivity index (χ0) is 6.69. The van der Waals surface area contributed by atoms with Crippen molar-refractivity contribution in [3.8, 4) is 0 Å². The van der Waals surface area contributed by atoms with Gasteiger partial charge in [-0.2, -0.15) is 0 Å². The zero-order valence-electron chi connectivity index (χ0n) is 6.11. The number of hydrogen-bond acceptors (Lipinski definition) is 0. The lowest BCUT2D eigenvalue weighted by molar-refractivity contribution is 0.669. The average molecular weight is 122 g/mol. The summed E-state index contributed by atoms with van der Waals surface area (Å²) < 4.78 is 0. The first-order chi connectivity index (χ1) is 4.38.